The molecule has 7 nitrogen and oxygen atoms in total. The summed E-state index contributed by atoms with van der Waals surface area (Å²) >= 11 is 0. The normalized spacial score (nSPS) is 12.0. The van der Waals surface area contributed by atoms with Gasteiger partial charge in [0, 0.05) is 17.1 Å². The minimum absolute atomic E-state index is 0.0743. The summed E-state index contributed by atoms with van der Waals surface area (Å²) < 4.78 is 60.4. The van der Waals surface area contributed by atoms with Crippen LogP contribution in [0.5, 0.6) is 0 Å². The van der Waals surface area contributed by atoms with Gasteiger partial charge < -0.3 is 0 Å². The number of fused-ring (bicyclic) bond motifs is 1. The summed E-state index contributed by atoms with van der Waals surface area (Å²) in [5, 5.41) is 0.484. The first-order chi connectivity index (χ1) is 9.71. The van der Waals surface area contributed by atoms with Crippen molar-refractivity contribution in [2.24, 2.45) is 0 Å². The first kappa shape index (κ1) is 17.2. The smallest absolute Gasteiger partial charge is 0.284 e. The molecule has 0 aliphatic carbocycles. The summed E-state index contributed by atoms with van der Waals surface area (Å²) in [6, 6.07) is 7.35. The fourth-order valence-corrected chi connectivity index (χ4v) is 4.04. The van der Waals surface area contributed by atoms with Crippen LogP contribution in [0.25, 0.3) is 10.9 Å². The molecule has 0 aliphatic rings. The van der Waals surface area contributed by atoms with Gasteiger partial charge in [0.1, 0.15) is 0 Å². The van der Waals surface area contributed by atoms with E-state index in [1.165, 1.54) is 18.3 Å². The lowest BCUT2D eigenvalue weighted by atomic mass is 10.1. The Kier molecular flexibility index (Phi) is 5.18. The number of hydrogen-bond acceptors (Lipinski definition) is 5. The predicted octanol–water partition coefficient (Wildman–Crippen LogP) is 1.81. The van der Waals surface area contributed by atoms with Crippen LogP contribution in [0.1, 0.15) is 10.1 Å². The van der Waals surface area contributed by atoms with Gasteiger partial charge in [-0.3, -0.25) is 14.1 Å². The SMILES string of the molecule is C=C.O=S(=O)(O)C(c1cccc2cccnc12)S(=O)(=O)O. The van der Waals surface area contributed by atoms with E-state index in [2.05, 4.69) is 18.1 Å². The number of benzene rings is 1. The molecular formula is C12H13NO6S2. The van der Waals surface area contributed by atoms with Crippen molar-refractivity contribution in [3.05, 3.63) is 55.3 Å². The van der Waals surface area contributed by atoms with Crippen molar-refractivity contribution in [2.75, 3.05) is 0 Å². The van der Waals surface area contributed by atoms with E-state index in [-0.39, 0.29) is 11.1 Å². The van der Waals surface area contributed by atoms with Gasteiger partial charge in [-0.2, -0.15) is 16.8 Å². The van der Waals surface area contributed by atoms with E-state index in [1.54, 1.807) is 18.2 Å². The molecule has 0 aliphatic heterocycles. The van der Waals surface area contributed by atoms with Crippen LogP contribution in [0, 0.1) is 0 Å². The van der Waals surface area contributed by atoms with Gasteiger partial charge in [0.2, 0.25) is 4.58 Å². The molecule has 0 fully saturated rings. The first-order valence-corrected chi connectivity index (χ1v) is 8.48. The van der Waals surface area contributed by atoms with Crippen molar-refractivity contribution < 1.29 is 25.9 Å². The third kappa shape index (κ3) is 3.85. The first-order valence-electron chi connectivity index (χ1n) is 5.47. The number of pyridine rings is 1. The minimum atomic E-state index is -5.05. The van der Waals surface area contributed by atoms with Gasteiger partial charge in [0.05, 0.1) is 5.52 Å². The molecule has 2 aromatic rings. The highest BCUT2D eigenvalue weighted by Gasteiger charge is 2.38. The Morgan fingerprint density at radius 2 is 1.48 bits per heavy atom. The summed E-state index contributed by atoms with van der Waals surface area (Å²) in [4.78, 5) is 3.88. The maximum Gasteiger partial charge on any atom is 0.289 e. The highest BCUT2D eigenvalue weighted by molar-refractivity contribution is 8.03. The zero-order chi connectivity index (χ0) is 16.3. The van der Waals surface area contributed by atoms with E-state index < -0.39 is 24.8 Å². The monoisotopic (exact) mass is 331 g/mol. The van der Waals surface area contributed by atoms with E-state index in [0.717, 1.165) is 0 Å². The van der Waals surface area contributed by atoms with E-state index in [0.29, 0.717) is 5.39 Å². The number of para-hydroxylation sites is 1. The predicted molar refractivity (Wildman–Crippen MR) is 78.8 cm³/mol. The molecule has 9 heteroatoms. The zero-order valence-corrected chi connectivity index (χ0v) is 12.4. The lowest BCUT2D eigenvalue weighted by molar-refractivity contribution is 0.457. The topological polar surface area (TPSA) is 122 Å². The van der Waals surface area contributed by atoms with Crippen LogP contribution >= 0.6 is 0 Å². The largest absolute Gasteiger partial charge is 0.289 e. The van der Waals surface area contributed by atoms with Gasteiger partial charge in [-0.1, -0.05) is 24.3 Å². The molecule has 2 N–H and O–H groups in total. The van der Waals surface area contributed by atoms with Crippen LogP contribution < -0.4 is 0 Å². The number of nitrogens with zero attached hydrogens (tertiary/aromatic N) is 1. The molecule has 0 amide bonds. The van der Waals surface area contributed by atoms with Crippen LogP contribution in [-0.4, -0.2) is 30.9 Å². The highest BCUT2D eigenvalue weighted by Crippen LogP contribution is 2.31. The Hall–Kier alpha value is -1.81. The molecule has 0 saturated heterocycles. The molecular weight excluding hydrogens is 318 g/mol. The maximum atomic E-state index is 11.2. The molecule has 0 atom stereocenters. The van der Waals surface area contributed by atoms with E-state index in [4.69, 9.17) is 9.11 Å². The molecule has 0 unspecified atom stereocenters. The Labute approximate surface area is 122 Å². The molecule has 1 aromatic heterocycles. The Balaban J connectivity index is 0.00000106. The third-order valence-corrected chi connectivity index (χ3v) is 5.51. The van der Waals surface area contributed by atoms with Gasteiger partial charge >= 0.3 is 0 Å². The van der Waals surface area contributed by atoms with Gasteiger partial charge in [-0.05, 0) is 6.07 Å². The molecule has 0 bridgehead atoms. The summed E-state index contributed by atoms with van der Waals surface area (Å²) in [7, 11) is -10.1. The molecule has 0 saturated carbocycles. The third-order valence-electron chi connectivity index (χ3n) is 2.46. The highest BCUT2D eigenvalue weighted by atomic mass is 32.3. The van der Waals surface area contributed by atoms with Crippen LogP contribution in [0.2, 0.25) is 0 Å². The van der Waals surface area contributed by atoms with Crippen molar-refractivity contribution in [3.8, 4) is 0 Å². The fraction of sp³-hybridized carbons (Fsp3) is 0.0833. The zero-order valence-electron chi connectivity index (χ0n) is 10.7. The Morgan fingerprint density at radius 3 is 2.00 bits per heavy atom. The van der Waals surface area contributed by atoms with Crippen molar-refractivity contribution in [2.45, 2.75) is 4.58 Å². The van der Waals surface area contributed by atoms with Crippen molar-refractivity contribution >= 4 is 31.1 Å². The van der Waals surface area contributed by atoms with Gasteiger partial charge in [0.15, 0.2) is 0 Å². The number of hydrogen-bond donors (Lipinski definition) is 2. The second-order valence-corrected chi connectivity index (χ2v) is 7.09. The van der Waals surface area contributed by atoms with Crippen LogP contribution in [0.3, 0.4) is 0 Å². The molecule has 21 heavy (non-hydrogen) atoms. The second-order valence-electron chi connectivity index (χ2n) is 3.78. The number of rotatable bonds is 3. The van der Waals surface area contributed by atoms with Crippen molar-refractivity contribution in [1.82, 2.24) is 4.98 Å². The molecule has 114 valence electrons. The molecule has 0 spiro atoms. The molecule has 2 rings (SSSR count). The van der Waals surface area contributed by atoms with Gasteiger partial charge in [-0.15, -0.1) is 13.2 Å². The number of aromatic nitrogens is 1. The fourth-order valence-electron chi connectivity index (χ4n) is 1.79. The van der Waals surface area contributed by atoms with E-state index in [1.807, 2.05) is 0 Å². The minimum Gasteiger partial charge on any atom is -0.284 e. The van der Waals surface area contributed by atoms with Gasteiger partial charge in [-0.25, -0.2) is 0 Å². The van der Waals surface area contributed by atoms with Gasteiger partial charge in [0.25, 0.3) is 20.2 Å². The summed E-state index contributed by atoms with van der Waals surface area (Å²) in [5.74, 6) is 0. The average molecular weight is 331 g/mol. The quantitative estimate of drug-likeness (QED) is 0.649. The summed E-state index contributed by atoms with van der Waals surface area (Å²) in [6.45, 7) is 6.00. The molecule has 1 aromatic carbocycles. The van der Waals surface area contributed by atoms with Crippen molar-refractivity contribution in [3.63, 3.8) is 0 Å². The van der Waals surface area contributed by atoms with Crippen LogP contribution in [-0.2, 0) is 20.2 Å². The Bertz CT molecular complexity index is 808. The lowest BCUT2D eigenvalue weighted by Crippen LogP contribution is -2.21. The second kappa shape index (κ2) is 6.31. The lowest BCUT2D eigenvalue weighted by Gasteiger charge is -2.12. The van der Waals surface area contributed by atoms with Crippen LogP contribution in [0.4, 0.5) is 0 Å². The average Bonchev–Trinajstić information content (AvgIpc) is 2.38. The molecule has 1 heterocycles. The Morgan fingerprint density at radius 1 is 0.952 bits per heavy atom. The van der Waals surface area contributed by atoms with Crippen molar-refractivity contribution in [1.29, 1.82) is 0 Å². The summed E-state index contributed by atoms with van der Waals surface area (Å²) in [5.41, 5.74) is -0.228. The maximum absolute atomic E-state index is 11.2. The summed E-state index contributed by atoms with van der Waals surface area (Å²) in [6.07, 6.45) is 1.34. The van der Waals surface area contributed by atoms with E-state index >= 15 is 0 Å². The molecule has 0 radical (unpaired) electrons. The van der Waals surface area contributed by atoms with E-state index in [9.17, 15) is 16.8 Å². The standard InChI is InChI=1S/C10H9NO6S2.C2H4/c12-18(13,14)10(19(15,16)17)8-5-1-3-7-4-2-6-11-9(7)8;1-2/h1-6,10H,(H,12,13,14)(H,15,16,17);1-2H2. The van der Waals surface area contributed by atoms with Crippen LogP contribution in [0.15, 0.2) is 49.7 Å².